The van der Waals surface area contributed by atoms with Gasteiger partial charge in [-0.25, -0.2) is 0 Å². The summed E-state index contributed by atoms with van der Waals surface area (Å²) in [5.74, 6) is 0. The molecule has 0 amide bonds. The Hall–Kier alpha value is -2.08. The first-order valence-corrected chi connectivity index (χ1v) is 36.3. The molecule has 0 spiro atoms. The SMILES string of the molecule is CCCCCCCCCCCCCCCCCCCCCCC/C=C/CCc1ccccc1/N=C(CCCC)\C(CCCCCC)=N\c1ccccc1CC/C=C/CCCCCCCCCCCCCCCCCCCCCCC.[Pd]. The van der Waals surface area contributed by atoms with Crippen LogP contribution in [0.1, 0.15) is 386 Å². The minimum atomic E-state index is 0. The van der Waals surface area contributed by atoms with Gasteiger partial charge in [0, 0.05) is 20.4 Å². The number of hydrogen-bond acceptors (Lipinski definition) is 2. The van der Waals surface area contributed by atoms with E-state index >= 15 is 0 Å². The van der Waals surface area contributed by atoms with Gasteiger partial charge in [-0.1, -0.05) is 371 Å². The summed E-state index contributed by atoms with van der Waals surface area (Å²) in [5, 5.41) is 0. The second-order valence-electron chi connectivity index (χ2n) is 25.0. The number of para-hydroxylation sites is 2. The number of rotatable bonds is 61. The molecule has 2 aromatic rings. The molecule has 0 aliphatic rings. The van der Waals surface area contributed by atoms with Crippen molar-refractivity contribution in [2.45, 2.75) is 387 Å². The van der Waals surface area contributed by atoms with E-state index in [2.05, 4.69) is 101 Å². The third-order valence-electron chi connectivity index (χ3n) is 17.3. The van der Waals surface area contributed by atoms with E-state index in [9.17, 15) is 0 Å². The Labute approximate surface area is 521 Å². The largest absolute Gasteiger partial charge is 0.251 e. The molecular formula is C78H136N2Pd. The van der Waals surface area contributed by atoms with Crippen LogP contribution in [0.4, 0.5) is 11.4 Å². The van der Waals surface area contributed by atoms with Crippen molar-refractivity contribution in [1.29, 1.82) is 0 Å². The molecule has 0 aliphatic carbocycles. The average Bonchev–Trinajstić information content (AvgIpc) is 3.49. The Balaban J connectivity index is 0.0000328. The Morgan fingerprint density at radius 3 is 0.765 bits per heavy atom. The second kappa shape index (κ2) is 62.5. The third-order valence-corrected chi connectivity index (χ3v) is 17.3. The fourth-order valence-corrected chi connectivity index (χ4v) is 11.9. The van der Waals surface area contributed by atoms with Gasteiger partial charge in [0.15, 0.2) is 0 Å². The average molecular weight is 1210 g/mol. The molecule has 0 saturated carbocycles. The van der Waals surface area contributed by atoms with Crippen molar-refractivity contribution in [1.82, 2.24) is 0 Å². The Morgan fingerprint density at radius 1 is 0.259 bits per heavy atom. The van der Waals surface area contributed by atoms with Gasteiger partial charge < -0.3 is 0 Å². The molecule has 0 unspecified atom stereocenters. The molecule has 0 aliphatic heterocycles. The van der Waals surface area contributed by atoms with Crippen LogP contribution < -0.4 is 0 Å². The Bertz CT molecular complexity index is 1720. The molecule has 0 N–H and O–H groups in total. The molecule has 0 bridgehead atoms. The van der Waals surface area contributed by atoms with Gasteiger partial charge in [0.25, 0.3) is 0 Å². The second-order valence-corrected chi connectivity index (χ2v) is 25.0. The van der Waals surface area contributed by atoms with E-state index in [0.717, 1.165) is 62.7 Å². The molecule has 2 nitrogen and oxygen atoms in total. The zero-order valence-electron chi connectivity index (χ0n) is 54.7. The molecule has 0 fully saturated rings. The van der Waals surface area contributed by atoms with Crippen LogP contribution in [0.2, 0.25) is 0 Å². The minimum Gasteiger partial charge on any atom is -0.251 e. The van der Waals surface area contributed by atoms with E-state index < -0.39 is 0 Å². The van der Waals surface area contributed by atoms with Gasteiger partial charge in [0.1, 0.15) is 0 Å². The monoisotopic (exact) mass is 1210 g/mol. The zero-order valence-corrected chi connectivity index (χ0v) is 56.3. The van der Waals surface area contributed by atoms with Gasteiger partial charge in [-0.3, -0.25) is 9.98 Å². The van der Waals surface area contributed by atoms with Crippen LogP contribution in [0, 0.1) is 0 Å². The van der Waals surface area contributed by atoms with Crippen molar-refractivity contribution in [3.05, 3.63) is 84.0 Å². The van der Waals surface area contributed by atoms with E-state index in [-0.39, 0.29) is 20.4 Å². The Morgan fingerprint density at radius 2 is 0.481 bits per heavy atom. The first-order valence-electron chi connectivity index (χ1n) is 36.3. The number of unbranched alkanes of at least 4 members (excludes halogenated alkanes) is 46. The number of benzene rings is 2. The quantitative estimate of drug-likeness (QED) is 0.0273. The van der Waals surface area contributed by atoms with Gasteiger partial charge in [0.05, 0.1) is 22.8 Å². The van der Waals surface area contributed by atoms with Crippen LogP contribution in [0.3, 0.4) is 0 Å². The molecule has 0 radical (unpaired) electrons. The van der Waals surface area contributed by atoms with Crippen molar-refractivity contribution in [2.75, 3.05) is 0 Å². The molecule has 468 valence electrons. The number of hydrogen-bond donors (Lipinski definition) is 0. The molecule has 81 heavy (non-hydrogen) atoms. The van der Waals surface area contributed by atoms with E-state index in [0.29, 0.717) is 0 Å². The summed E-state index contributed by atoms with van der Waals surface area (Å²) in [4.78, 5) is 11.1. The number of aryl methyl sites for hydroxylation is 2. The van der Waals surface area contributed by atoms with Crippen molar-refractivity contribution in [3.8, 4) is 0 Å². The van der Waals surface area contributed by atoms with Gasteiger partial charge in [-0.05, 0) is 100 Å². The summed E-state index contributed by atoms with van der Waals surface area (Å²) in [5.41, 5.74) is 7.45. The summed E-state index contributed by atoms with van der Waals surface area (Å²) >= 11 is 0. The van der Waals surface area contributed by atoms with E-state index in [1.165, 1.54) is 331 Å². The smallest absolute Gasteiger partial charge is 0.0665 e. The van der Waals surface area contributed by atoms with Crippen molar-refractivity contribution in [2.24, 2.45) is 9.98 Å². The van der Waals surface area contributed by atoms with Gasteiger partial charge >= 0.3 is 0 Å². The zero-order chi connectivity index (χ0) is 57.0. The maximum Gasteiger partial charge on any atom is 0.0665 e. The van der Waals surface area contributed by atoms with Crippen molar-refractivity contribution >= 4 is 22.8 Å². The number of aliphatic imine (C=N–C) groups is 2. The first kappa shape index (κ1) is 76.9. The van der Waals surface area contributed by atoms with Gasteiger partial charge in [-0.2, -0.15) is 0 Å². The van der Waals surface area contributed by atoms with Crippen LogP contribution in [-0.4, -0.2) is 11.4 Å². The van der Waals surface area contributed by atoms with Crippen molar-refractivity contribution in [3.63, 3.8) is 0 Å². The molecule has 0 aromatic heterocycles. The minimum absolute atomic E-state index is 0. The third kappa shape index (κ3) is 48.8. The fraction of sp³-hybridized carbons (Fsp3) is 0.769. The predicted octanol–water partition coefficient (Wildman–Crippen LogP) is 27.9. The summed E-state index contributed by atoms with van der Waals surface area (Å²) < 4.78 is 0. The molecule has 0 heterocycles. The summed E-state index contributed by atoms with van der Waals surface area (Å²) in [7, 11) is 0. The molecule has 0 saturated heterocycles. The molecule has 2 rings (SSSR count). The molecule has 3 heteroatoms. The first-order chi connectivity index (χ1) is 39.7. The van der Waals surface area contributed by atoms with Crippen molar-refractivity contribution < 1.29 is 20.4 Å². The van der Waals surface area contributed by atoms with Crippen LogP contribution in [-0.2, 0) is 33.3 Å². The summed E-state index contributed by atoms with van der Waals surface area (Å²) in [6.07, 6.45) is 86.3. The van der Waals surface area contributed by atoms with E-state index in [4.69, 9.17) is 9.98 Å². The van der Waals surface area contributed by atoms with Gasteiger partial charge in [0.2, 0.25) is 0 Å². The van der Waals surface area contributed by atoms with E-state index in [1.54, 1.807) is 0 Å². The maximum atomic E-state index is 5.56. The number of nitrogens with zero attached hydrogens (tertiary/aromatic N) is 2. The van der Waals surface area contributed by atoms with Crippen LogP contribution in [0.25, 0.3) is 0 Å². The fourth-order valence-electron chi connectivity index (χ4n) is 11.9. The van der Waals surface area contributed by atoms with Crippen LogP contribution in [0.15, 0.2) is 82.8 Å². The molecule has 2 aromatic carbocycles. The number of allylic oxidation sites excluding steroid dienone is 4. The van der Waals surface area contributed by atoms with Crippen LogP contribution >= 0.6 is 0 Å². The molecular weight excluding hydrogens is 1070 g/mol. The normalized spacial score (nSPS) is 12.2. The van der Waals surface area contributed by atoms with Gasteiger partial charge in [-0.15, -0.1) is 0 Å². The topological polar surface area (TPSA) is 24.7 Å². The Kier molecular flexibility index (Phi) is 59.3. The molecule has 0 atom stereocenters. The maximum absolute atomic E-state index is 5.56. The standard InChI is InChI=1S/C78H136N2.Pd/c1-5-9-13-16-18-20-22-24-26-28-30-32-34-36-38-40-42-44-46-48-50-52-54-56-58-65-73-67-61-63-70-75(73)79-77(69-12-8-4)78(72-60-15-11-7-3)80-76-71-64-62-68-74(76)66-59-57-55-53-51-49-47-45-43-41-39-37-35-33-31-29-27-25-23-21-19-17-14-10-6-2;/h54-57,61-64,67-68,70-71H,5-53,58-60,65-66,69,72H2,1-4H3;/b56-54+,57-55+,79-77-,80-78+;. The summed E-state index contributed by atoms with van der Waals surface area (Å²) in [6.45, 7) is 9.24. The predicted molar refractivity (Wildman–Crippen MR) is 365 cm³/mol. The van der Waals surface area contributed by atoms with Crippen LogP contribution in [0.5, 0.6) is 0 Å². The van der Waals surface area contributed by atoms with E-state index in [1.807, 2.05) is 0 Å². The summed E-state index contributed by atoms with van der Waals surface area (Å²) in [6, 6.07) is 17.9.